The normalized spacial score (nSPS) is 10.4. The van der Waals surface area contributed by atoms with E-state index < -0.39 is 0 Å². The Morgan fingerprint density at radius 2 is 2.06 bits per heavy atom. The first-order valence-electron chi connectivity index (χ1n) is 4.88. The van der Waals surface area contributed by atoms with Crippen molar-refractivity contribution in [2.24, 2.45) is 0 Å². The minimum absolute atomic E-state index is 0.857. The third kappa shape index (κ3) is 2.87. The molecule has 0 unspecified atom stereocenters. The van der Waals surface area contributed by atoms with Gasteiger partial charge in [-0.15, -0.1) is 11.3 Å². The van der Waals surface area contributed by atoms with Gasteiger partial charge in [0.15, 0.2) is 0 Å². The van der Waals surface area contributed by atoms with Crippen LogP contribution in [0.1, 0.15) is 10.4 Å². The Balaban J connectivity index is 2.10. The van der Waals surface area contributed by atoms with Crippen molar-refractivity contribution in [2.75, 3.05) is 5.32 Å². The third-order valence-electron chi connectivity index (χ3n) is 2.33. The molecule has 2 rings (SSSR count). The first-order valence-corrected chi connectivity index (χ1v) is 7.35. The van der Waals surface area contributed by atoms with Gasteiger partial charge in [0, 0.05) is 19.5 Å². The molecule has 0 saturated carbocycles. The van der Waals surface area contributed by atoms with Crippen molar-refractivity contribution in [3.63, 3.8) is 0 Å². The van der Waals surface area contributed by atoms with Gasteiger partial charge in [0.1, 0.15) is 0 Å². The van der Waals surface area contributed by atoms with Crippen LogP contribution in [-0.2, 0) is 6.54 Å². The lowest BCUT2D eigenvalue weighted by molar-refractivity contribution is 1.17. The Morgan fingerprint density at radius 1 is 1.25 bits per heavy atom. The van der Waals surface area contributed by atoms with Gasteiger partial charge < -0.3 is 5.32 Å². The summed E-state index contributed by atoms with van der Waals surface area (Å²) >= 11 is 8.77. The van der Waals surface area contributed by atoms with E-state index in [-0.39, 0.29) is 0 Å². The van der Waals surface area contributed by atoms with Crippen LogP contribution in [0.5, 0.6) is 0 Å². The standard InChI is InChI=1S/C12H11Br2NS/c1-8-2-3-9(13)6-11(8)15-7-12-10(14)4-5-16-12/h2-6,15H,7H2,1H3. The fourth-order valence-corrected chi connectivity index (χ4v) is 3.20. The van der Waals surface area contributed by atoms with Crippen LogP contribution in [0.2, 0.25) is 0 Å². The summed E-state index contributed by atoms with van der Waals surface area (Å²) < 4.78 is 2.28. The van der Waals surface area contributed by atoms with Crippen molar-refractivity contribution < 1.29 is 0 Å². The summed E-state index contributed by atoms with van der Waals surface area (Å²) in [5, 5.41) is 5.54. The molecule has 0 aliphatic heterocycles. The first-order chi connectivity index (χ1) is 7.66. The van der Waals surface area contributed by atoms with Gasteiger partial charge in [-0.05, 0) is 52.0 Å². The molecule has 16 heavy (non-hydrogen) atoms. The predicted octanol–water partition coefficient (Wildman–Crippen LogP) is 5.19. The summed E-state index contributed by atoms with van der Waals surface area (Å²) in [7, 11) is 0. The number of anilines is 1. The van der Waals surface area contributed by atoms with E-state index in [1.807, 2.05) is 0 Å². The number of thiophene rings is 1. The average molecular weight is 361 g/mol. The summed E-state index contributed by atoms with van der Waals surface area (Å²) in [4.78, 5) is 1.32. The van der Waals surface area contributed by atoms with E-state index in [2.05, 4.69) is 73.7 Å². The van der Waals surface area contributed by atoms with E-state index in [9.17, 15) is 0 Å². The first kappa shape index (κ1) is 12.1. The fourth-order valence-electron chi connectivity index (χ4n) is 1.41. The summed E-state index contributed by atoms with van der Waals surface area (Å²) in [6.45, 7) is 2.97. The second kappa shape index (κ2) is 5.34. The number of benzene rings is 1. The van der Waals surface area contributed by atoms with Crippen molar-refractivity contribution in [3.05, 3.63) is 49.0 Å². The van der Waals surface area contributed by atoms with Crippen molar-refractivity contribution in [3.8, 4) is 0 Å². The van der Waals surface area contributed by atoms with Crippen LogP contribution in [0.3, 0.4) is 0 Å². The van der Waals surface area contributed by atoms with E-state index in [1.54, 1.807) is 11.3 Å². The van der Waals surface area contributed by atoms with Crippen LogP contribution in [0.25, 0.3) is 0 Å². The number of nitrogens with one attached hydrogen (secondary N) is 1. The Bertz CT molecular complexity index is 494. The van der Waals surface area contributed by atoms with Gasteiger partial charge in [-0.2, -0.15) is 0 Å². The zero-order valence-corrected chi connectivity index (χ0v) is 12.7. The molecule has 0 atom stereocenters. The van der Waals surface area contributed by atoms with Gasteiger partial charge in [0.05, 0.1) is 6.54 Å². The number of rotatable bonds is 3. The van der Waals surface area contributed by atoms with Crippen LogP contribution in [0.4, 0.5) is 5.69 Å². The lowest BCUT2D eigenvalue weighted by Crippen LogP contribution is -1.99. The molecular weight excluding hydrogens is 350 g/mol. The topological polar surface area (TPSA) is 12.0 Å². The van der Waals surface area contributed by atoms with Gasteiger partial charge in [-0.1, -0.05) is 22.0 Å². The molecule has 0 radical (unpaired) electrons. The average Bonchev–Trinajstić information content (AvgIpc) is 2.66. The molecule has 1 heterocycles. The Hall–Kier alpha value is -0.320. The van der Waals surface area contributed by atoms with Gasteiger partial charge in [0.2, 0.25) is 0 Å². The van der Waals surface area contributed by atoms with Crippen molar-refractivity contribution in [1.29, 1.82) is 0 Å². The van der Waals surface area contributed by atoms with Crippen LogP contribution >= 0.6 is 43.2 Å². The molecular formula is C12H11Br2NS. The van der Waals surface area contributed by atoms with E-state index in [0.29, 0.717) is 0 Å². The van der Waals surface area contributed by atoms with Crippen LogP contribution < -0.4 is 5.32 Å². The summed E-state index contributed by atoms with van der Waals surface area (Å²) in [6, 6.07) is 8.35. The molecule has 1 nitrogen and oxygen atoms in total. The highest BCUT2D eigenvalue weighted by molar-refractivity contribution is 9.10. The molecule has 2 aromatic rings. The maximum atomic E-state index is 3.53. The third-order valence-corrected chi connectivity index (χ3v) is 4.75. The Morgan fingerprint density at radius 3 is 2.75 bits per heavy atom. The zero-order valence-electron chi connectivity index (χ0n) is 8.76. The molecule has 0 spiro atoms. The van der Waals surface area contributed by atoms with Gasteiger partial charge in [-0.25, -0.2) is 0 Å². The zero-order chi connectivity index (χ0) is 11.5. The SMILES string of the molecule is Cc1ccc(Br)cc1NCc1sccc1Br. The molecule has 0 bridgehead atoms. The molecule has 0 amide bonds. The highest BCUT2D eigenvalue weighted by Gasteiger charge is 2.03. The van der Waals surface area contributed by atoms with E-state index >= 15 is 0 Å². The monoisotopic (exact) mass is 359 g/mol. The Labute approximate surface area is 116 Å². The van der Waals surface area contributed by atoms with Gasteiger partial charge >= 0.3 is 0 Å². The van der Waals surface area contributed by atoms with Crippen molar-refractivity contribution in [1.82, 2.24) is 0 Å². The molecule has 1 aromatic heterocycles. The number of halogens is 2. The van der Waals surface area contributed by atoms with Gasteiger partial charge in [-0.3, -0.25) is 0 Å². The number of hydrogen-bond donors (Lipinski definition) is 1. The van der Waals surface area contributed by atoms with Crippen molar-refractivity contribution in [2.45, 2.75) is 13.5 Å². The molecule has 0 aliphatic carbocycles. The highest BCUT2D eigenvalue weighted by Crippen LogP contribution is 2.25. The van der Waals surface area contributed by atoms with Crippen molar-refractivity contribution >= 4 is 48.9 Å². The summed E-state index contributed by atoms with van der Waals surface area (Å²) in [5.41, 5.74) is 2.44. The largest absolute Gasteiger partial charge is 0.380 e. The van der Waals surface area contributed by atoms with Gasteiger partial charge in [0.25, 0.3) is 0 Å². The molecule has 0 saturated heterocycles. The van der Waals surface area contributed by atoms with Crippen LogP contribution in [-0.4, -0.2) is 0 Å². The minimum Gasteiger partial charge on any atom is -0.380 e. The smallest absolute Gasteiger partial charge is 0.0505 e. The lowest BCUT2D eigenvalue weighted by atomic mass is 10.2. The molecule has 4 heteroatoms. The highest BCUT2D eigenvalue weighted by atomic mass is 79.9. The Kier molecular flexibility index (Phi) is 4.05. The number of aryl methyl sites for hydroxylation is 1. The maximum Gasteiger partial charge on any atom is 0.0505 e. The minimum atomic E-state index is 0.857. The van der Waals surface area contributed by atoms with Crippen LogP contribution in [0.15, 0.2) is 38.6 Å². The molecule has 0 aliphatic rings. The quantitative estimate of drug-likeness (QED) is 0.793. The lowest BCUT2D eigenvalue weighted by Gasteiger charge is -2.09. The van der Waals surface area contributed by atoms with E-state index in [0.717, 1.165) is 11.0 Å². The second-order valence-electron chi connectivity index (χ2n) is 3.50. The molecule has 84 valence electrons. The molecule has 1 N–H and O–H groups in total. The summed E-state index contributed by atoms with van der Waals surface area (Å²) in [5.74, 6) is 0. The number of hydrogen-bond acceptors (Lipinski definition) is 2. The van der Waals surface area contributed by atoms with Crippen LogP contribution in [0, 0.1) is 6.92 Å². The fraction of sp³-hybridized carbons (Fsp3) is 0.167. The predicted molar refractivity (Wildman–Crippen MR) is 78.2 cm³/mol. The maximum absolute atomic E-state index is 3.53. The van der Waals surface area contributed by atoms with E-state index in [4.69, 9.17) is 0 Å². The summed E-state index contributed by atoms with van der Waals surface area (Å²) in [6.07, 6.45) is 0. The second-order valence-corrected chi connectivity index (χ2v) is 6.28. The molecule has 1 aromatic carbocycles. The van der Waals surface area contributed by atoms with E-state index in [1.165, 1.54) is 20.6 Å². The molecule has 0 fully saturated rings.